The van der Waals surface area contributed by atoms with Crippen molar-refractivity contribution in [3.8, 4) is 0 Å². The Hall–Kier alpha value is -1.95. The van der Waals surface area contributed by atoms with E-state index in [2.05, 4.69) is 25.4 Å². The van der Waals surface area contributed by atoms with Gasteiger partial charge in [-0.2, -0.15) is 0 Å². The van der Waals surface area contributed by atoms with Crippen LogP contribution in [-0.2, 0) is 23.9 Å². The molecule has 0 aliphatic heterocycles. The summed E-state index contributed by atoms with van der Waals surface area (Å²) in [4.78, 5) is 34.7. The van der Waals surface area contributed by atoms with Gasteiger partial charge in [0.1, 0.15) is 0 Å². The first-order chi connectivity index (χ1) is 9.97. The maximum Gasteiger partial charge on any atom is 0.320 e. The van der Waals surface area contributed by atoms with Gasteiger partial charge in [0.25, 0.3) is 0 Å². The van der Waals surface area contributed by atoms with E-state index in [4.69, 9.17) is 0 Å². The van der Waals surface area contributed by atoms with E-state index < -0.39 is 17.9 Å². The molecule has 21 heavy (non-hydrogen) atoms. The third-order valence-corrected chi connectivity index (χ3v) is 3.24. The Kier molecular flexibility index (Phi) is 6.81. The van der Waals surface area contributed by atoms with Gasteiger partial charge in [-0.1, -0.05) is 34.1 Å². The van der Waals surface area contributed by atoms with Crippen LogP contribution < -0.4 is 0 Å². The Morgan fingerprint density at radius 3 is 2.10 bits per heavy atom. The SMILES string of the molecule is COC(=O)C(CC(=O)/C=C/c1ccc(Br)cc1)C(=O)OC. The number of esters is 2. The molecule has 0 fully saturated rings. The molecule has 0 unspecified atom stereocenters. The highest BCUT2D eigenvalue weighted by Gasteiger charge is 2.30. The molecule has 0 heterocycles. The molecular formula is C15H15BrO5. The van der Waals surface area contributed by atoms with Crippen LogP contribution in [0.2, 0.25) is 0 Å². The minimum Gasteiger partial charge on any atom is -0.468 e. The summed E-state index contributed by atoms with van der Waals surface area (Å²) in [5.74, 6) is -3.17. The van der Waals surface area contributed by atoms with Crippen LogP contribution in [0.4, 0.5) is 0 Å². The second-order valence-electron chi connectivity index (χ2n) is 4.15. The zero-order valence-corrected chi connectivity index (χ0v) is 13.3. The van der Waals surface area contributed by atoms with Crippen LogP contribution >= 0.6 is 15.9 Å². The van der Waals surface area contributed by atoms with Gasteiger partial charge in [0.15, 0.2) is 11.7 Å². The fraction of sp³-hybridized carbons (Fsp3) is 0.267. The van der Waals surface area contributed by atoms with Crippen molar-refractivity contribution >= 4 is 39.7 Å². The molecule has 0 aliphatic rings. The summed E-state index contributed by atoms with van der Waals surface area (Å²) >= 11 is 3.31. The van der Waals surface area contributed by atoms with Gasteiger partial charge >= 0.3 is 11.9 Å². The minimum atomic E-state index is -1.23. The Morgan fingerprint density at radius 1 is 1.10 bits per heavy atom. The average Bonchev–Trinajstić information content (AvgIpc) is 2.50. The lowest BCUT2D eigenvalue weighted by Gasteiger charge is -2.10. The number of carbonyl (C=O) groups excluding carboxylic acids is 3. The normalized spacial score (nSPS) is 10.7. The molecule has 6 heteroatoms. The first kappa shape index (κ1) is 17.1. The minimum absolute atomic E-state index is 0.285. The maximum atomic E-state index is 11.8. The van der Waals surface area contributed by atoms with E-state index in [1.54, 1.807) is 6.08 Å². The summed E-state index contributed by atoms with van der Waals surface area (Å²) in [5.41, 5.74) is 0.833. The second-order valence-corrected chi connectivity index (χ2v) is 5.07. The van der Waals surface area contributed by atoms with Crippen LogP contribution in [0.1, 0.15) is 12.0 Å². The van der Waals surface area contributed by atoms with E-state index in [-0.39, 0.29) is 12.2 Å². The molecule has 0 amide bonds. The smallest absolute Gasteiger partial charge is 0.320 e. The van der Waals surface area contributed by atoms with Crippen LogP contribution in [0.25, 0.3) is 6.08 Å². The molecule has 112 valence electrons. The molecule has 0 N–H and O–H groups in total. The Morgan fingerprint density at radius 2 is 1.62 bits per heavy atom. The van der Waals surface area contributed by atoms with Crippen LogP contribution in [0.5, 0.6) is 0 Å². The molecule has 0 bridgehead atoms. The van der Waals surface area contributed by atoms with E-state index in [1.807, 2.05) is 24.3 Å². The molecule has 0 saturated heterocycles. The number of rotatable bonds is 6. The molecule has 5 nitrogen and oxygen atoms in total. The van der Waals surface area contributed by atoms with Crippen LogP contribution in [0.3, 0.4) is 0 Å². The number of halogens is 1. The number of ether oxygens (including phenoxy) is 2. The highest BCUT2D eigenvalue weighted by atomic mass is 79.9. The molecule has 1 aromatic rings. The quantitative estimate of drug-likeness (QED) is 0.445. The van der Waals surface area contributed by atoms with Gasteiger partial charge in [0, 0.05) is 10.9 Å². The van der Waals surface area contributed by atoms with Crippen molar-refractivity contribution in [2.24, 2.45) is 5.92 Å². The average molecular weight is 355 g/mol. The van der Waals surface area contributed by atoms with Crippen molar-refractivity contribution in [1.29, 1.82) is 0 Å². The topological polar surface area (TPSA) is 69.7 Å². The highest BCUT2D eigenvalue weighted by molar-refractivity contribution is 9.10. The van der Waals surface area contributed by atoms with E-state index >= 15 is 0 Å². The highest BCUT2D eigenvalue weighted by Crippen LogP contribution is 2.13. The maximum absolute atomic E-state index is 11.8. The molecular weight excluding hydrogens is 340 g/mol. The van der Waals surface area contributed by atoms with E-state index in [0.717, 1.165) is 24.3 Å². The fourth-order valence-corrected chi connectivity index (χ4v) is 1.84. The lowest BCUT2D eigenvalue weighted by molar-refractivity contribution is -0.160. The summed E-state index contributed by atoms with van der Waals surface area (Å²) in [5, 5.41) is 0. The molecule has 0 saturated carbocycles. The fourth-order valence-electron chi connectivity index (χ4n) is 1.58. The van der Waals surface area contributed by atoms with Crippen molar-refractivity contribution in [1.82, 2.24) is 0 Å². The van der Waals surface area contributed by atoms with Crippen LogP contribution in [-0.4, -0.2) is 31.9 Å². The zero-order valence-electron chi connectivity index (χ0n) is 11.7. The van der Waals surface area contributed by atoms with Gasteiger partial charge in [-0.05, 0) is 23.8 Å². The Labute approximate surface area is 131 Å². The predicted octanol–water partition coefficient (Wildman–Crippen LogP) is 2.38. The molecule has 1 rings (SSSR count). The van der Waals surface area contributed by atoms with E-state index in [1.165, 1.54) is 6.08 Å². The lowest BCUT2D eigenvalue weighted by Crippen LogP contribution is -2.28. The monoisotopic (exact) mass is 354 g/mol. The third kappa shape index (κ3) is 5.51. The molecule has 0 atom stereocenters. The van der Waals surface area contributed by atoms with Crippen LogP contribution in [0, 0.1) is 5.92 Å². The molecule has 0 spiro atoms. The second kappa shape index (κ2) is 8.36. The summed E-state index contributed by atoms with van der Waals surface area (Å²) < 4.78 is 9.91. The van der Waals surface area contributed by atoms with Gasteiger partial charge < -0.3 is 9.47 Å². The van der Waals surface area contributed by atoms with E-state index in [9.17, 15) is 14.4 Å². The number of allylic oxidation sites excluding steroid dienone is 1. The van der Waals surface area contributed by atoms with Gasteiger partial charge in [-0.3, -0.25) is 14.4 Å². The van der Waals surface area contributed by atoms with Crippen molar-refractivity contribution < 1.29 is 23.9 Å². The molecule has 1 aromatic carbocycles. The van der Waals surface area contributed by atoms with Crippen molar-refractivity contribution in [2.75, 3.05) is 14.2 Å². The first-order valence-electron chi connectivity index (χ1n) is 6.10. The summed E-state index contributed by atoms with van der Waals surface area (Å²) in [7, 11) is 2.31. The summed E-state index contributed by atoms with van der Waals surface area (Å²) in [6, 6.07) is 7.34. The largest absolute Gasteiger partial charge is 0.468 e. The Bertz CT molecular complexity index is 532. The summed E-state index contributed by atoms with van der Waals surface area (Å²) in [6.07, 6.45) is 2.65. The number of ketones is 1. The number of benzene rings is 1. The Balaban J connectivity index is 2.71. The molecule has 0 radical (unpaired) electrons. The van der Waals surface area contributed by atoms with Gasteiger partial charge in [-0.15, -0.1) is 0 Å². The number of hydrogen-bond donors (Lipinski definition) is 0. The van der Waals surface area contributed by atoms with Gasteiger partial charge in [-0.25, -0.2) is 0 Å². The molecule has 0 aliphatic carbocycles. The van der Waals surface area contributed by atoms with Gasteiger partial charge in [0.05, 0.1) is 14.2 Å². The number of methoxy groups -OCH3 is 2. The predicted molar refractivity (Wildman–Crippen MR) is 80.3 cm³/mol. The lowest BCUT2D eigenvalue weighted by atomic mass is 10.0. The third-order valence-electron chi connectivity index (χ3n) is 2.71. The van der Waals surface area contributed by atoms with Crippen LogP contribution in [0.15, 0.2) is 34.8 Å². The number of hydrogen-bond acceptors (Lipinski definition) is 5. The van der Waals surface area contributed by atoms with E-state index in [0.29, 0.717) is 0 Å². The zero-order chi connectivity index (χ0) is 15.8. The van der Waals surface area contributed by atoms with Crippen molar-refractivity contribution in [3.63, 3.8) is 0 Å². The van der Waals surface area contributed by atoms with Crippen molar-refractivity contribution in [2.45, 2.75) is 6.42 Å². The molecule has 0 aromatic heterocycles. The summed E-state index contributed by atoms with van der Waals surface area (Å²) in [6.45, 7) is 0. The number of carbonyl (C=O) groups is 3. The first-order valence-corrected chi connectivity index (χ1v) is 6.89. The van der Waals surface area contributed by atoms with Crippen molar-refractivity contribution in [3.05, 3.63) is 40.4 Å². The van der Waals surface area contributed by atoms with Gasteiger partial charge in [0.2, 0.25) is 0 Å². The standard InChI is InChI=1S/C15H15BrO5/c1-20-14(18)13(15(19)21-2)9-12(17)8-5-10-3-6-11(16)7-4-10/h3-8,13H,9H2,1-2H3/b8-5+.